The van der Waals surface area contributed by atoms with E-state index in [1.807, 2.05) is 0 Å². The average Bonchev–Trinajstić information content (AvgIpc) is 2.08. The van der Waals surface area contributed by atoms with E-state index in [0.717, 1.165) is 0 Å². The van der Waals surface area contributed by atoms with Gasteiger partial charge in [0.2, 0.25) is 0 Å². The SMILES string of the molecule is CC1=CC2=CC=CC(C)(C)C2=CC1(C)C. The molecule has 80 valence electrons. The van der Waals surface area contributed by atoms with E-state index in [0.29, 0.717) is 0 Å². The van der Waals surface area contributed by atoms with Crippen molar-refractivity contribution in [2.24, 2.45) is 10.8 Å². The van der Waals surface area contributed by atoms with E-state index >= 15 is 0 Å². The monoisotopic (exact) mass is 200 g/mol. The van der Waals surface area contributed by atoms with Crippen molar-refractivity contribution in [1.29, 1.82) is 0 Å². The van der Waals surface area contributed by atoms with Crippen molar-refractivity contribution in [2.75, 3.05) is 0 Å². The second-order valence-electron chi connectivity index (χ2n) is 5.81. The van der Waals surface area contributed by atoms with Crippen LogP contribution in [-0.4, -0.2) is 0 Å². The van der Waals surface area contributed by atoms with Gasteiger partial charge in [0.25, 0.3) is 0 Å². The summed E-state index contributed by atoms with van der Waals surface area (Å²) in [6.07, 6.45) is 11.4. The normalized spacial score (nSPS) is 26.3. The zero-order valence-corrected chi connectivity index (χ0v) is 10.4. The minimum absolute atomic E-state index is 0.179. The lowest BCUT2D eigenvalue weighted by molar-refractivity contribution is 0.520. The summed E-state index contributed by atoms with van der Waals surface area (Å²) in [6.45, 7) is 11.4. The van der Waals surface area contributed by atoms with Crippen LogP contribution < -0.4 is 0 Å². The minimum Gasteiger partial charge on any atom is -0.0745 e. The molecule has 0 bridgehead atoms. The third-order valence-corrected chi connectivity index (χ3v) is 3.69. The van der Waals surface area contributed by atoms with Crippen LogP contribution in [0.25, 0.3) is 0 Å². The van der Waals surface area contributed by atoms with Crippen LogP contribution in [0.5, 0.6) is 0 Å². The summed E-state index contributed by atoms with van der Waals surface area (Å²) in [5.41, 5.74) is 4.69. The molecule has 0 aromatic rings. The highest BCUT2D eigenvalue weighted by atomic mass is 14.4. The maximum Gasteiger partial charge on any atom is 0.00815 e. The molecule has 0 atom stereocenters. The summed E-state index contributed by atoms with van der Waals surface area (Å²) >= 11 is 0. The summed E-state index contributed by atoms with van der Waals surface area (Å²) < 4.78 is 0. The molecule has 0 unspecified atom stereocenters. The van der Waals surface area contributed by atoms with E-state index < -0.39 is 0 Å². The molecule has 0 aliphatic heterocycles. The summed E-state index contributed by atoms with van der Waals surface area (Å²) in [7, 11) is 0. The Morgan fingerprint density at radius 2 is 1.67 bits per heavy atom. The first-order valence-corrected chi connectivity index (χ1v) is 5.65. The lowest BCUT2D eigenvalue weighted by Gasteiger charge is -2.36. The molecule has 0 N–H and O–H groups in total. The summed E-state index contributed by atoms with van der Waals surface area (Å²) in [4.78, 5) is 0. The first kappa shape index (κ1) is 10.5. The number of allylic oxidation sites excluding steroid dienone is 8. The third-order valence-electron chi connectivity index (χ3n) is 3.69. The minimum atomic E-state index is 0.179. The number of fused-ring (bicyclic) bond motifs is 1. The van der Waals surface area contributed by atoms with E-state index in [1.165, 1.54) is 16.7 Å². The first-order chi connectivity index (χ1) is 6.83. The van der Waals surface area contributed by atoms with Crippen LogP contribution in [0.2, 0.25) is 0 Å². The molecule has 2 aliphatic rings. The maximum atomic E-state index is 2.43. The van der Waals surface area contributed by atoms with Crippen LogP contribution in [0.3, 0.4) is 0 Å². The lowest BCUT2D eigenvalue weighted by Crippen LogP contribution is -2.23. The Labute approximate surface area is 93.1 Å². The van der Waals surface area contributed by atoms with Gasteiger partial charge in [0.15, 0.2) is 0 Å². The van der Waals surface area contributed by atoms with Gasteiger partial charge in [-0.05, 0) is 18.1 Å². The molecular weight excluding hydrogens is 180 g/mol. The van der Waals surface area contributed by atoms with Gasteiger partial charge in [0.1, 0.15) is 0 Å². The highest BCUT2D eigenvalue weighted by Gasteiger charge is 2.31. The molecule has 0 spiro atoms. The Morgan fingerprint density at radius 3 is 2.33 bits per heavy atom. The Morgan fingerprint density at radius 1 is 1.00 bits per heavy atom. The van der Waals surface area contributed by atoms with Gasteiger partial charge in [-0.1, -0.05) is 63.6 Å². The van der Waals surface area contributed by atoms with E-state index in [2.05, 4.69) is 65.0 Å². The molecule has 0 heteroatoms. The quantitative estimate of drug-likeness (QED) is 0.543. The molecule has 0 radical (unpaired) electrons. The van der Waals surface area contributed by atoms with Crippen molar-refractivity contribution in [3.8, 4) is 0 Å². The van der Waals surface area contributed by atoms with Crippen LogP contribution in [0.1, 0.15) is 34.6 Å². The molecule has 15 heavy (non-hydrogen) atoms. The third kappa shape index (κ3) is 1.62. The van der Waals surface area contributed by atoms with Crippen molar-refractivity contribution in [2.45, 2.75) is 34.6 Å². The molecule has 0 saturated carbocycles. The van der Waals surface area contributed by atoms with Crippen LogP contribution in [0.15, 0.2) is 47.1 Å². The van der Waals surface area contributed by atoms with Crippen molar-refractivity contribution in [1.82, 2.24) is 0 Å². The van der Waals surface area contributed by atoms with E-state index in [-0.39, 0.29) is 10.8 Å². The fraction of sp³-hybridized carbons (Fsp3) is 0.467. The second kappa shape index (κ2) is 2.98. The van der Waals surface area contributed by atoms with Gasteiger partial charge >= 0.3 is 0 Å². The van der Waals surface area contributed by atoms with Gasteiger partial charge in [0.05, 0.1) is 0 Å². The van der Waals surface area contributed by atoms with Crippen molar-refractivity contribution < 1.29 is 0 Å². The zero-order valence-electron chi connectivity index (χ0n) is 10.4. The fourth-order valence-corrected chi connectivity index (χ4v) is 2.23. The topological polar surface area (TPSA) is 0 Å². The van der Waals surface area contributed by atoms with Gasteiger partial charge in [-0.2, -0.15) is 0 Å². The number of rotatable bonds is 0. The predicted molar refractivity (Wildman–Crippen MR) is 66.6 cm³/mol. The Balaban J connectivity index is 2.56. The number of hydrogen-bond acceptors (Lipinski definition) is 0. The molecule has 0 amide bonds. The predicted octanol–water partition coefficient (Wildman–Crippen LogP) is 4.42. The van der Waals surface area contributed by atoms with E-state index in [4.69, 9.17) is 0 Å². The molecule has 0 aromatic heterocycles. The van der Waals surface area contributed by atoms with Gasteiger partial charge in [-0.25, -0.2) is 0 Å². The average molecular weight is 200 g/mol. The largest absolute Gasteiger partial charge is 0.0745 e. The lowest BCUT2D eigenvalue weighted by atomic mass is 9.68. The van der Waals surface area contributed by atoms with E-state index in [9.17, 15) is 0 Å². The second-order valence-corrected chi connectivity index (χ2v) is 5.81. The molecular formula is C15H20. The standard InChI is InChI=1S/C15H20/c1-11-9-12-7-6-8-14(2,3)13(12)10-15(11,4)5/h6-10H,1-5H3. The van der Waals surface area contributed by atoms with E-state index in [1.54, 1.807) is 0 Å². The van der Waals surface area contributed by atoms with Crippen LogP contribution in [0, 0.1) is 10.8 Å². The molecule has 0 nitrogen and oxygen atoms in total. The Hall–Kier alpha value is -1.04. The highest BCUT2D eigenvalue weighted by Crippen LogP contribution is 2.45. The van der Waals surface area contributed by atoms with Gasteiger partial charge in [-0.3, -0.25) is 0 Å². The zero-order chi connectivity index (χ0) is 11.3. The van der Waals surface area contributed by atoms with Gasteiger partial charge < -0.3 is 0 Å². The summed E-state index contributed by atoms with van der Waals surface area (Å²) in [5, 5.41) is 0. The van der Waals surface area contributed by atoms with Crippen molar-refractivity contribution in [3.05, 3.63) is 47.1 Å². The molecule has 0 heterocycles. The smallest absolute Gasteiger partial charge is 0.00815 e. The Kier molecular flexibility index (Phi) is 2.08. The van der Waals surface area contributed by atoms with Crippen molar-refractivity contribution in [3.63, 3.8) is 0 Å². The number of hydrogen-bond donors (Lipinski definition) is 0. The molecule has 2 aliphatic carbocycles. The molecule has 2 rings (SSSR count). The van der Waals surface area contributed by atoms with Crippen LogP contribution in [-0.2, 0) is 0 Å². The Bertz CT molecular complexity index is 409. The van der Waals surface area contributed by atoms with Crippen LogP contribution in [0.4, 0.5) is 0 Å². The summed E-state index contributed by atoms with van der Waals surface area (Å²) in [5.74, 6) is 0. The first-order valence-electron chi connectivity index (χ1n) is 5.65. The fourth-order valence-electron chi connectivity index (χ4n) is 2.23. The summed E-state index contributed by atoms with van der Waals surface area (Å²) in [6, 6.07) is 0. The molecule has 0 saturated heterocycles. The maximum absolute atomic E-state index is 2.43. The van der Waals surface area contributed by atoms with Crippen molar-refractivity contribution >= 4 is 0 Å². The highest BCUT2D eigenvalue weighted by molar-refractivity contribution is 5.55. The molecule has 0 fully saturated rings. The van der Waals surface area contributed by atoms with Gasteiger partial charge in [0, 0.05) is 10.8 Å². The van der Waals surface area contributed by atoms with Crippen LogP contribution >= 0.6 is 0 Å². The molecule has 0 aromatic carbocycles. The van der Waals surface area contributed by atoms with Gasteiger partial charge in [-0.15, -0.1) is 0 Å².